The minimum Gasteiger partial charge on any atom is -0.491 e. The monoisotopic (exact) mass is 267 g/mol. The second kappa shape index (κ2) is 9.50. The van der Waals surface area contributed by atoms with Gasteiger partial charge in [0.25, 0.3) is 0 Å². The molecule has 0 amide bonds. The highest BCUT2D eigenvalue weighted by Gasteiger charge is 2.03. The van der Waals surface area contributed by atoms with Gasteiger partial charge in [0.1, 0.15) is 18.1 Å². The van der Waals surface area contributed by atoms with E-state index in [1.807, 2.05) is 12.1 Å². The van der Waals surface area contributed by atoms with E-state index in [9.17, 15) is 0 Å². The van der Waals surface area contributed by atoms with Crippen LogP contribution in [-0.2, 0) is 4.74 Å². The molecule has 1 rings (SSSR count). The van der Waals surface area contributed by atoms with Crippen LogP contribution in [0.4, 0.5) is 5.69 Å². The summed E-state index contributed by atoms with van der Waals surface area (Å²) in [6.07, 6.45) is 3.20. The van der Waals surface area contributed by atoms with Crippen molar-refractivity contribution in [3.63, 3.8) is 0 Å². The van der Waals surface area contributed by atoms with E-state index in [4.69, 9.17) is 19.9 Å². The van der Waals surface area contributed by atoms with Crippen molar-refractivity contribution >= 4 is 5.69 Å². The van der Waals surface area contributed by atoms with Crippen LogP contribution in [0.1, 0.15) is 33.1 Å². The van der Waals surface area contributed by atoms with Crippen molar-refractivity contribution < 1.29 is 14.2 Å². The topological polar surface area (TPSA) is 53.7 Å². The van der Waals surface area contributed by atoms with Gasteiger partial charge in [-0.15, -0.1) is 0 Å². The molecule has 0 aliphatic carbocycles. The minimum absolute atomic E-state index is 0.543. The summed E-state index contributed by atoms with van der Waals surface area (Å²) in [5.74, 6) is 1.45. The molecule has 4 heteroatoms. The van der Waals surface area contributed by atoms with Gasteiger partial charge in [0.15, 0.2) is 0 Å². The van der Waals surface area contributed by atoms with Gasteiger partial charge in [0, 0.05) is 12.7 Å². The molecule has 2 N–H and O–H groups in total. The van der Waals surface area contributed by atoms with Crippen LogP contribution < -0.4 is 15.2 Å². The fourth-order valence-electron chi connectivity index (χ4n) is 1.51. The van der Waals surface area contributed by atoms with E-state index in [1.54, 1.807) is 6.07 Å². The van der Waals surface area contributed by atoms with Gasteiger partial charge in [0.05, 0.1) is 18.9 Å². The highest BCUT2D eigenvalue weighted by atomic mass is 16.5. The molecule has 0 heterocycles. The molecule has 0 unspecified atom stereocenters. The third-order valence-corrected chi connectivity index (χ3v) is 2.59. The van der Waals surface area contributed by atoms with Crippen molar-refractivity contribution in [1.29, 1.82) is 0 Å². The molecule has 1 aromatic carbocycles. The van der Waals surface area contributed by atoms with E-state index in [1.165, 1.54) is 0 Å². The molecular weight excluding hydrogens is 242 g/mol. The van der Waals surface area contributed by atoms with Crippen LogP contribution in [0.5, 0.6) is 11.5 Å². The fraction of sp³-hybridized carbons (Fsp3) is 0.600. The maximum Gasteiger partial charge on any atom is 0.145 e. The first kappa shape index (κ1) is 15.6. The molecule has 0 saturated carbocycles. The second-order valence-corrected chi connectivity index (χ2v) is 4.36. The van der Waals surface area contributed by atoms with Crippen molar-refractivity contribution in [3.8, 4) is 11.5 Å². The van der Waals surface area contributed by atoms with E-state index >= 15 is 0 Å². The average Bonchev–Trinajstić information content (AvgIpc) is 2.43. The number of anilines is 1. The highest BCUT2D eigenvalue weighted by Crippen LogP contribution is 2.27. The predicted octanol–water partition coefficient (Wildman–Crippen LogP) is 3.25. The van der Waals surface area contributed by atoms with Crippen molar-refractivity contribution in [2.45, 2.75) is 33.1 Å². The molecule has 0 aliphatic rings. The molecule has 0 radical (unpaired) electrons. The number of hydrogen-bond acceptors (Lipinski definition) is 4. The van der Waals surface area contributed by atoms with Crippen molar-refractivity contribution in [3.05, 3.63) is 18.2 Å². The maximum absolute atomic E-state index is 5.83. The van der Waals surface area contributed by atoms with E-state index in [2.05, 4.69) is 13.8 Å². The van der Waals surface area contributed by atoms with Crippen LogP contribution in [0.15, 0.2) is 18.2 Å². The van der Waals surface area contributed by atoms with Crippen molar-refractivity contribution in [1.82, 2.24) is 0 Å². The lowest BCUT2D eigenvalue weighted by Crippen LogP contribution is -2.08. The Morgan fingerprint density at radius 1 is 0.947 bits per heavy atom. The van der Waals surface area contributed by atoms with E-state index < -0.39 is 0 Å². The number of benzene rings is 1. The average molecular weight is 267 g/mol. The summed E-state index contributed by atoms with van der Waals surface area (Å²) >= 11 is 0. The zero-order chi connectivity index (χ0) is 13.9. The van der Waals surface area contributed by atoms with Gasteiger partial charge < -0.3 is 19.9 Å². The van der Waals surface area contributed by atoms with Gasteiger partial charge in [-0.05, 0) is 25.0 Å². The minimum atomic E-state index is 0.543. The van der Waals surface area contributed by atoms with Crippen molar-refractivity contribution in [2.75, 3.05) is 32.2 Å². The van der Waals surface area contributed by atoms with E-state index in [-0.39, 0.29) is 0 Å². The molecule has 0 fully saturated rings. The summed E-state index contributed by atoms with van der Waals surface area (Å²) in [6.45, 7) is 6.81. The first-order valence-electron chi connectivity index (χ1n) is 7.00. The summed E-state index contributed by atoms with van der Waals surface area (Å²) in [7, 11) is 0. The second-order valence-electron chi connectivity index (χ2n) is 4.36. The van der Waals surface area contributed by atoms with Crippen LogP contribution in [0.3, 0.4) is 0 Å². The van der Waals surface area contributed by atoms with Gasteiger partial charge >= 0.3 is 0 Å². The molecule has 0 saturated heterocycles. The van der Waals surface area contributed by atoms with E-state index in [0.29, 0.717) is 31.3 Å². The summed E-state index contributed by atoms with van der Waals surface area (Å²) in [4.78, 5) is 0. The third kappa shape index (κ3) is 6.34. The van der Waals surface area contributed by atoms with Crippen LogP contribution in [0.25, 0.3) is 0 Å². The Labute approximate surface area is 115 Å². The maximum atomic E-state index is 5.83. The number of nitrogen functional groups attached to an aromatic ring is 1. The lowest BCUT2D eigenvalue weighted by Gasteiger charge is -2.11. The van der Waals surface area contributed by atoms with Gasteiger partial charge in [-0.2, -0.15) is 0 Å². The van der Waals surface area contributed by atoms with Crippen LogP contribution in [0, 0.1) is 0 Å². The Hall–Kier alpha value is -1.42. The molecule has 4 nitrogen and oxygen atoms in total. The number of nitrogens with two attached hydrogens (primary N) is 1. The highest BCUT2D eigenvalue weighted by molar-refractivity contribution is 5.55. The molecule has 0 atom stereocenters. The van der Waals surface area contributed by atoms with Crippen LogP contribution in [-0.4, -0.2) is 26.4 Å². The SMILES string of the molecule is CCCCOCCOc1ccc(N)c(OCCC)c1. The zero-order valence-electron chi connectivity index (χ0n) is 12.0. The number of rotatable bonds is 10. The Morgan fingerprint density at radius 2 is 1.79 bits per heavy atom. The molecule has 0 bridgehead atoms. The number of ether oxygens (including phenoxy) is 3. The normalized spacial score (nSPS) is 10.4. The predicted molar refractivity (Wildman–Crippen MR) is 77.9 cm³/mol. The molecule has 0 spiro atoms. The van der Waals surface area contributed by atoms with Crippen LogP contribution >= 0.6 is 0 Å². The first-order valence-corrected chi connectivity index (χ1v) is 7.00. The van der Waals surface area contributed by atoms with Gasteiger partial charge in [0.2, 0.25) is 0 Å². The number of hydrogen-bond donors (Lipinski definition) is 1. The Kier molecular flexibility index (Phi) is 7.82. The molecule has 0 aliphatic heterocycles. The summed E-state index contributed by atoms with van der Waals surface area (Å²) in [6, 6.07) is 5.48. The fourth-order valence-corrected chi connectivity index (χ4v) is 1.51. The van der Waals surface area contributed by atoms with E-state index in [0.717, 1.165) is 31.6 Å². The standard InChI is InChI=1S/C15H25NO3/c1-3-5-9-17-10-11-18-13-6-7-14(16)15(12-13)19-8-4-2/h6-7,12H,3-5,8-11,16H2,1-2H3. The zero-order valence-corrected chi connectivity index (χ0v) is 12.0. The Bertz CT molecular complexity index is 355. The Morgan fingerprint density at radius 3 is 2.53 bits per heavy atom. The lowest BCUT2D eigenvalue weighted by atomic mass is 10.3. The largest absolute Gasteiger partial charge is 0.491 e. The summed E-state index contributed by atoms with van der Waals surface area (Å²) in [5, 5.41) is 0. The van der Waals surface area contributed by atoms with Gasteiger partial charge in [-0.1, -0.05) is 20.3 Å². The third-order valence-electron chi connectivity index (χ3n) is 2.59. The lowest BCUT2D eigenvalue weighted by molar-refractivity contribution is 0.0979. The molecular formula is C15H25NO3. The summed E-state index contributed by atoms with van der Waals surface area (Å²) in [5.41, 5.74) is 6.47. The first-order chi connectivity index (χ1) is 9.27. The van der Waals surface area contributed by atoms with Crippen LogP contribution in [0.2, 0.25) is 0 Å². The molecule has 19 heavy (non-hydrogen) atoms. The summed E-state index contributed by atoms with van der Waals surface area (Å²) < 4.78 is 16.6. The van der Waals surface area contributed by atoms with Crippen molar-refractivity contribution in [2.24, 2.45) is 0 Å². The number of unbranched alkanes of at least 4 members (excludes halogenated alkanes) is 1. The van der Waals surface area contributed by atoms with Gasteiger partial charge in [-0.25, -0.2) is 0 Å². The quantitative estimate of drug-likeness (QED) is 0.522. The van der Waals surface area contributed by atoms with Gasteiger partial charge in [-0.3, -0.25) is 0 Å². The molecule has 0 aromatic heterocycles. The Balaban J connectivity index is 2.33. The smallest absolute Gasteiger partial charge is 0.145 e. The molecule has 1 aromatic rings. The molecule has 108 valence electrons.